The second-order valence-electron chi connectivity index (χ2n) is 6.40. The Balaban J connectivity index is 1.65. The van der Waals surface area contributed by atoms with Crippen LogP contribution in [-0.2, 0) is 4.79 Å². The third kappa shape index (κ3) is 2.37. The molecular formula is C17H20N2O2. The van der Waals surface area contributed by atoms with Crippen LogP contribution in [0, 0.1) is 5.92 Å². The van der Waals surface area contributed by atoms with E-state index in [1.807, 2.05) is 18.3 Å². The highest BCUT2D eigenvalue weighted by Gasteiger charge is 2.37. The van der Waals surface area contributed by atoms with Gasteiger partial charge in [0.15, 0.2) is 0 Å². The van der Waals surface area contributed by atoms with E-state index in [0.29, 0.717) is 12.5 Å². The van der Waals surface area contributed by atoms with Crippen molar-refractivity contribution in [1.82, 2.24) is 0 Å². The summed E-state index contributed by atoms with van der Waals surface area (Å²) in [5, 5.41) is 0. The zero-order valence-electron chi connectivity index (χ0n) is 12.1. The molecule has 0 spiro atoms. The minimum atomic E-state index is -0.179. The molecule has 110 valence electrons. The number of fused-ring (bicyclic) bond motifs is 2. The van der Waals surface area contributed by atoms with Crippen molar-refractivity contribution < 1.29 is 9.21 Å². The molecule has 4 atom stereocenters. The maximum absolute atomic E-state index is 12.5. The van der Waals surface area contributed by atoms with Crippen molar-refractivity contribution >= 4 is 17.7 Å². The maximum Gasteiger partial charge on any atom is 0.147 e. The molecule has 2 heterocycles. The predicted octanol–water partition coefficient (Wildman–Crippen LogP) is 3.18. The van der Waals surface area contributed by atoms with Crippen LogP contribution in [0.15, 0.2) is 32.8 Å². The molecule has 4 heteroatoms. The number of hydrogen-bond acceptors (Lipinski definition) is 4. The number of carbonyl (C=O) groups excluding carboxylic acids is 1. The molecule has 21 heavy (non-hydrogen) atoms. The van der Waals surface area contributed by atoms with Crippen LogP contribution in [-0.4, -0.2) is 29.8 Å². The van der Waals surface area contributed by atoms with Crippen LogP contribution < -0.4 is 0 Å². The zero-order chi connectivity index (χ0) is 14.2. The minimum absolute atomic E-state index is 0.149. The van der Waals surface area contributed by atoms with Gasteiger partial charge < -0.3 is 4.42 Å². The first-order valence-electron chi connectivity index (χ1n) is 7.97. The predicted molar refractivity (Wildman–Crippen MR) is 81.2 cm³/mol. The largest absolute Gasteiger partial charge is 0.469 e. The average molecular weight is 284 g/mol. The molecule has 0 saturated heterocycles. The van der Waals surface area contributed by atoms with Gasteiger partial charge in [0.2, 0.25) is 0 Å². The van der Waals surface area contributed by atoms with Crippen LogP contribution in [0.2, 0.25) is 0 Å². The summed E-state index contributed by atoms with van der Waals surface area (Å²) in [6.45, 7) is 0. The van der Waals surface area contributed by atoms with E-state index in [9.17, 15) is 4.79 Å². The molecule has 0 bridgehead atoms. The van der Waals surface area contributed by atoms with E-state index >= 15 is 0 Å². The molecule has 3 aliphatic rings. The number of Topliss-reactive ketones (excluding diaryl/α,β-unsaturated/α-hetero) is 1. The van der Waals surface area contributed by atoms with E-state index in [-0.39, 0.29) is 23.7 Å². The smallest absolute Gasteiger partial charge is 0.147 e. The lowest BCUT2D eigenvalue weighted by molar-refractivity contribution is -0.120. The molecule has 1 aliphatic heterocycles. The van der Waals surface area contributed by atoms with Crippen molar-refractivity contribution in [3.8, 4) is 0 Å². The highest BCUT2D eigenvalue weighted by molar-refractivity contribution is 6.18. The zero-order valence-corrected chi connectivity index (χ0v) is 12.1. The number of ketones is 1. The Hall–Kier alpha value is -1.71. The molecule has 2 saturated carbocycles. The van der Waals surface area contributed by atoms with Crippen LogP contribution >= 0.6 is 0 Å². The van der Waals surface area contributed by atoms with E-state index < -0.39 is 0 Å². The highest BCUT2D eigenvalue weighted by Crippen LogP contribution is 2.35. The Kier molecular flexibility index (Phi) is 3.24. The lowest BCUT2D eigenvalue weighted by Gasteiger charge is -2.27. The van der Waals surface area contributed by atoms with Crippen LogP contribution in [0.25, 0.3) is 0 Å². The number of nitrogens with zero attached hydrogens (tertiary/aromatic N) is 2. The number of hydrogen-bond donors (Lipinski definition) is 0. The first kappa shape index (κ1) is 13.0. The van der Waals surface area contributed by atoms with Gasteiger partial charge in [-0.2, -0.15) is 0 Å². The van der Waals surface area contributed by atoms with E-state index in [1.54, 1.807) is 6.26 Å². The molecule has 4 rings (SSSR count). The Bertz CT molecular complexity index is 588. The summed E-state index contributed by atoms with van der Waals surface area (Å²) in [6.07, 6.45) is 9.62. The normalized spacial score (nSPS) is 35.6. The van der Waals surface area contributed by atoms with E-state index in [0.717, 1.165) is 30.7 Å². The number of aliphatic imine (C=N–C) groups is 2. The SMILES string of the molecule is O=C1C[C@@H](c2ccco2)CC2=N[C@H]3CCCC[C@@H]3N=CC12. The van der Waals surface area contributed by atoms with Crippen molar-refractivity contribution in [2.45, 2.75) is 56.5 Å². The summed E-state index contributed by atoms with van der Waals surface area (Å²) in [4.78, 5) is 22.1. The second kappa shape index (κ2) is 5.24. The summed E-state index contributed by atoms with van der Waals surface area (Å²) < 4.78 is 5.50. The summed E-state index contributed by atoms with van der Waals surface area (Å²) >= 11 is 0. The first-order chi connectivity index (χ1) is 10.3. The van der Waals surface area contributed by atoms with Gasteiger partial charge in [-0.15, -0.1) is 0 Å². The number of carbonyl (C=O) groups is 1. The van der Waals surface area contributed by atoms with E-state index in [1.165, 1.54) is 12.8 Å². The van der Waals surface area contributed by atoms with Gasteiger partial charge in [0.05, 0.1) is 24.3 Å². The fourth-order valence-electron chi connectivity index (χ4n) is 3.86. The summed E-state index contributed by atoms with van der Waals surface area (Å²) in [5.74, 6) is 1.12. The topological polar surface area (TPSA) is 54.9 Å². The lowest BCUT2D eigenvalue weighted by Crippen LogP contribution is -2.34. The van der Waals surface area contributed by atoms with Crippen LogP contribution in [0.5, 0.6) is 0 Å². The van der Waals surface area contributed by atoms with Crippen molar-refractivity contribution in [3.05, 3.63) is 24.2 Å². The van der Waals surface area contributed by atoms with Crippen molar-refractivity contribution in [1.29, 1.82) is 0 Å². The molecule has 0 aromatic carbocycles. The van der Waals surface area contributed by atoms with Gasteiger partial charge in [-0.25, -0.2) is 0 Å². The van der Waals surface area contributed by atoms with Crippen molar-refractivity contribution in [2.24, 2.45) is 15.9 Å². The van der Waals surface area contributed by atoms with Gasteiger partial charge in [-0.3, -0.25) is 14.8 Å². The molecule has 0 radical (unpaired) electrons. The van der Waals surface area contributed by atoms with Crippen LogP contribution in [0.3, 0.4) is 0 Å². The van der Waals surface area contributed by atoms with Crippen molar-refractivity contribution in [3.63, 3.8) is 0 Å². The molecule has 0 amide bonds. The van der Waals surface area contributed by atoms with Crippen LogP contribution in [0.1, 0.15) is 50.2 Å². The minimum Gasteiger partial charge on any atom is -0.469 e. The Labute approximate surface area is 124 Å². The quantitative estimate of drug-likeness (QED) is 0.795. The molecule has 2 fully saturated rings. The second-order valence-corrected chi connectivity index (χ2v) is 6.40. The Morgan fingerprint density at radius 3 is 2.81 bits per heavy atom. The van der Waals surface area contributed by atoms with Gasteiger partial charge in [0.1, 0.15) is 11.5 Å². The summed E-state index contributed by atoms with van der Waals surface area (Å²) in [6, 6.07) is 4.44. The highest BCUT2D eigenvalue weighted by atomic mass is 16.3. The third-order valence-electron chi connectivity index (χ3n) is 5.01. The standard InChI is InChI=1S/C17H20N2O2/c20-16-9-11(17-6-3-7-21-17)8-15-12(16)10-18-13-4-1-2-5-14(13)19-15/h3,6-7,10-14H,1-2,4-5,8-9H2/t11-,12?,13-,14-/m0/s1. The molecule has 4 nitrogen and oxygen atoms in total. The molecule has 0 N–H and O–H groups in total. The van der Waals surface area contributed by atoms with Gasteiger partial charge in [-0.05, 0) is 31.4 Å². The average Bonchev–Trinajstić information content (AvgIpc) is 2.95. The Morgan fingerprint density at radius 2 is 2.00 bits per heavy atom. The van der Waals surface area contributed by atoms with Crippen LogP contribution in [0.4, 0.5) is 0 Å². The third-order valence-corrected chi connectivity index (χ3v) is 5.01. The molecule has 1 unspecified atom stereocenters. The van der Waals surface area contributed by atoms with E-state index in [2.05, 4.69) is 4.99 Å². The van der Waals surface area contributed by atoms with Gasteiger partial charge in [0.25, 0.3) is 0 Å². The van der Waals surface area contributed by atoms with Gasteiger partial charge in [0, 0.05) is 24.3 Å². The lowest BCUT2D eigenvalue weighted by atomic mass is 9.78. The number of rotatable bonds is 1. The molecule has 1 aromatic heterocycles. The van der Waals surface area contributed by atoms with Gasteiger partial charge >= 0.3 is 0 Å². The fourth-order valence-corrected chi connectivity index (χ4v) is 3.86. The van der Waals surface area contributed by atoms with E-state index in [4.69, 9.17) is 9.41 Å². The fraction of sp³-hybridized carbons (Fsp3) is 0.588. The summed E-state index contributed by atoms with van der Waals surface area (Å²) in [5.41, 5.74) is 1.03. The molecule has 1 aromatic rings. The maximum atomic E-state index is 12.5. The number of furan rings is 1. The first-order valence-corrected chi connectivity index (χ1v) is 7.97. The summed E-state index contributed by atoms with van der Waals surface area (Å²) in [7, 11) is 0. The molecular weight excluding hydrogens is 264 g/mol. The van der Waals surface area contributed by atoms with Crippen molar-refractivity contribution in [2.75, 3.05) is 0 Å². The Morgan fingerprint density at radius 1 is 1.14 bits per heavy atom. The van der Waals surface area contributed by atoms with Gasteiger partial charge in [-0.1, -0.05) is 12.8 Å². The molecule has 2 aliphatic carbocycles. The monoisotopic (exact) mass is 284 g/mol.